The van der Waals surface area contributed by atoms with Gasteiger partial charge < -0.3 is 25.0 Å². The minimum absolute atomic E-state index is 0.00791. The summed E-state index contributed by atoms with van der Waals surface area (Å²) in [5.41, 5.74) is 0.544. The third-order valence-corrected chi connectivity index (χ3v) is 3.19. The zero-order valence-corrected chi connectivity index (χ0v) is 12.8. The standard InChI is InChI=1S/C15H21NO6/c1-9(15(19)20)16-14(18)7-6-12(17)11-5-4-10(21-2)8-13(11)22-3/h4-5,8-9,12,17H,6-7H2,1-3H3,(H,16,18)(H,19,20). The summed E-state index contributed by atoms with van der Waals surface area (Å²) in [6.07, 6.45) is -0.735. The summed E-state index contributed by atoms with van der Waals surface area (Å²) in [6.45, 7) is 1.38. The van der Waals surface area contributed by atoms with Crippen LogP contribution in [0.1, 0.15) is 31.4 Å². The van der Waals surface area contributed by atoms with E-state index < -0.39 is 24.0 Å². The molecule has 7 heteroatoms. The molecule has 1 aromatic rings. The van der Waals surface area contributed by atoms with Crippen LogP contribution in [0, 0.1) is 0 Å². The molecule has 22 heavy (non-hydrogen) atoms. The Morgan fingerprint density at radius 1 is 1.27 bits per heavy atom. The number of hydrogen-bond acceptors (Lipinski definition) is 5. The molecule has 0 aliphatic rings. The summed E-state index contributed by atoms with van der Waals surface area (Å²) in [5.74, 6) is -0.473. The van der Waals surface area contributed by atoms with Gasteiger partial charge >= 0.3 is 5.97 Å². The van der Waals surface area contributed by atoms with E-state index in [1.165, 1.54) is 21.1 Å². The highest BCUT2D eigenvalue weighted by atomic mass is 16.5. The van der Waals surface area contributed by atoms with Crippen molar-refractivity contribution in [3.05, 3.63) is 23.8 Å². The highest BCUT2D eigenvalue weighted by Gasteiger charge is 2.18. The fourth-order valence-electron chi connectivity index (χ4n) is 1.89. The van der Waals surface area contributed by atoms with Crippen LogP contribution in [-0.4, -0.2) is 42.4 Å². The van der Waals surface area contributed by atoms with Gasteiger partial charge in [-0.2, -0.15) is 0 Å². The SMILES string of the molecule is COc1ccc(C(O)CCC(=O)NC(C)C(=O)O)c(OC)c1. The third-order valence-electron chi connectivity index (χ3n) is 3.19. The molecule has 1 rings (SSSR count). The zero-order chi connectivity index (χ0) is 16.7. The predicted molar refractivity (Wildman–Crippen MR) is 79.0 cm³/mol. The monoisotopic (exact) mass is 311 g/mol. The molecule has 3 N–H and O–H groups in total. The van der Waals surface area contributed by atoms with Crippen molar-refractivity contribution in [3.63, 3.8) is 0 Å². The lowest BCUT2D eigenvalue weighted by molar-refractivity contribution is -0.141. The van der Waals surface area contributed by atoms with Crippen LogP contribution in [-0.2, 0) is 9.59 Å². The first-order valence-electron chi connectivity index (χ1n) is 6.81. The van der Waals surface area contributed by atoms with Gasteiger partial charge in [-0.25, -0.2) is 0 Å². The first-order valence-corrected chi connectivity index (χ1v) is 6.81. The topological polar surface area (TPSA) is 105 Å². The van der Waals surface area contributed by atoms with Gasteiger partial charge in [0.1, 0.15) is 17.5 Å². The largest absolute Gasteiger partial charge is 0.497 e. The molecule has 0 saturated carbocycles. The number of carboxylic acid groups (broad SMARTS) is 1. The quantitative estimate of drug-likeness (QED) is 0.664. The number of hydrogen-bond donors (Lipinski definition) is 3. The number of methoxy groups -OCH3 is 2. The summed E-state index contributed by atoms with van der Waals surface area (Å²) in [5, 5.41) is 21.2. The van der Waals surface area contributed by atoms with Crippen molar-refractivity contribution in [1.29, 1.82) is 0 Å². The van der Waals surface area contributed by atoms with Crippen LogP contribution < -0.4 is 14.8 Å². The molecule has 2 unspecified atom stereocenters. The molecule has 0 heterocycles. The smallest absolute Gasteiger partial charge is 0.325 e. The summed E-state index contributed by atoms with van der Waals surface area (Å²) in [4.78, 5) is 22.3. The Bertz CT molecular complexity index is 531. The molecule has 0 bridgehead atoms. The second-order valence-electron chi connectivity index (χ2n) is 4.79. The molecule has 2 atom stereocenters. The zero-order valence-electron chi connectivity index (χ0n) is 12.8. The number of ether oxygens (including phenoxy) is 2. The van der Waals surface area contributed by atoms with Crippen LogP contribution in [0.5, 0.6) is 11.5 Å². The average molecular weight is 311 g/mol. The number of carbonyl (C=O) groups is 2. The van der Waals surface area contributed by atoms with Gasteiger partial charge in [0.15, 0.2) is 0 Å². The maximum absolute atomic E-state index is 11.6. The molecule has 0 spiro atoms. The van der Waals surface area contributed by atoms with E-state index in [9.17, 15) is 14.7 Å². The van der Waals surface area contributed by atoms with E-state index >= 15 is 0 Å². The number of rotatable bonds is 8. The molecule has 1 amide bonds. The molecule has 0 aliphatic carbocycles. The minimum Gasteiger partial charge on any atom is -0.497 e. The molecule has 7 nitrogen and oxygen atoms in total. The number of carboxylic acids is 1. The average Bonchev–Trinajstić information content (AvgIpc) is 2.51. The van der Waals surface area contributed by atoms with E-state index in [1.54, 1.807) is 18.2 Å². The van der Waals surface area contributed by atoms with E-state index in [1.807, 2.05) is 0 Å². The van der Waals surface area contributed by atoms with Gasteiger partial charge in [0.2, 0.25) is 5.91 Å². The van der Waals surface area contributed by atoms with E-state index in [-0.39, 0.29) is 12.8 Å². The Hall–Kier alpha value is -2.28. The van der Waals surface area contributed by atoms with E-state index in [0.717, 1.165) is 0 Å². The van der Waals surface area contributed by atoms with E-state index in [0.29, 0.717) is 17.1 Å². The van der Waals surface area contributed by atoms with Crippen LogP contribution in [0.3, 0.4) is 0 Å². The van der Waals surface area contributed by atoms with Crippen LogP contribution in [0.4, 0.5) is 0 Å². The van der Waals surface area contributed by atoms with Gasteiger partial charge in [-0.3, -0.25) is 9.59 Å². The lowest BCUT2D eigenvalue weighted by Crippen LogP contribution is -2.38. The fourth-order valence-corrected chi connectivity index (χ4v) is 1.89. The summed E-state index contributed by atoms with van der Waals surface area (Å²) >= 11 is 0. The summed E-state index contributed by atoms with van der Waals surface area (Å²) < 4.78 is 10.3. The molecule has 0 radical (unpaired) electrons. The van der Waals surface area contributed by atoms with Crippen molar-refractivity contribution in [2.45, 2.75) is 31.9 Å². The van der Waals surface area contributed by atoms with Crippen molar-refractivity contribution in [3.8, 4) is 11.5 Å². The minimum atomic E-state index is -1.11. The fraction of sp³-hybridized carbons (Fsp3) is 0.467. The predicted octanol–water partition coefficient (Wildman–Crippen LogP) is 1.11. The molecule has 122 valence electrons. The van der Waals surface area contributed by atoms with Gasteiger partial charge in [-0.1, -0.05) is 0 Å². The Balaban J connectivity index is 2.63. The second-order valence-corrected chi connectivity index (χ2v) is 4.79. The first kappa shape index (κ1) is 17.8. The van der Waals surface area contributed by atoms with Crippen molar-refractivity contribution in [2.24, 2.45) is 0 Å². The first-order chi connectivity index (χ1) is 10.4. The van der Waals surface area contributed by atoms with Gasteiger partial charge in [-0.05, 0) is 25.5 Å². The number of amides is 1. The summed E-state index contributed by atoms with van der Waals surface area (Å²) in [7, 11) is 3.01. The second kappa shape index (κ2) is 8.23. The number of benzene rings is 1. The third kappa shape index (κ3) is 4.92. The number of aliphatic carboxylic acids is 1. The Labute approximate surface area is 128 Å². The van der Waals surface area contributed by atoms with E-state index in [4.69, 9.17) is 14.6 Å². The Morgan fingerprint density at radius 3 is 2.50 bits per heavy atom. The molecule has 0 saturated heterocycles. The van der Waals surface area contributed by atoms with Crippen LogP contribution >= 0.6 is 0 Å². The number of nitrogens with one attached hydrogen (secondary N) is 1. The lowest BCUT2D eigenvalue weighted by atomic mass is 10.0. The Morgan fingerprint density at radius 2 is 1.95 bits per heavy atom. The van der Waals surface area contributed by atoms with Crippen LogP contribution in [0.15, 0.2) is 18.2 Å². The highest BCUT2D eigenvalue weighted by Crippen LogP contribution is 2.31. The molecular weight excluding hydrogens is 290 g/mol. The van der Waals surface area contributed by atoms with Crippen molar-refractivity contribution in [2.75, 3.05) is 14.2 Å². The maximum Gasteiger partial charge on any atom is 0.325 e. The van der Waals surface area contributed by atoms with Gasteiger partial charge in [0.25, 0.3) is 0 Å². The number of carbonyl (C=O) groups excluding carboxylic acids is 1. The van der Waals surface area contributed by atoms with Crippen molar-refractivity contribution in [1.82, 2.24) is 5.32 Å². The summed E-state index contributed by atoms with van der Waals surface area (Å²) in [6, 6.07) is 4.04. The number of aliphatic hydroxyl groups is 1. The molecular formula is C15H21NO6. The Kier molecular flexibility index (Phi) is 6.65. The van der Waals surface area contributed by atoms with Crippen LogP contribution in [0.2, 0.25) is 0 Å². The van der Waals surface area contributed by atoms with E-state index in [2.05, 4.69) is 5.32 Å². The lowest BCUT2D eigenvalue weighted by Gasteiger charge is -2.16. The molecule has 0 aliphatic heterocycles. The van der Waals surface area contributed by atoms with Gasteiger partial charge in [0, 0.05) is 18.1 Å². The van der Waals surface area contributed by atoms with Crippen LogP contribution in [0.25, 0.3) is 0 Å². The molecule has 0 aromatic heterocycles. The van der Waals surface area contributed by atoms with Crippen molar-refractivity contribution >= 4 is 11.9 Å². The normalized spacial score (nSPS) is 13.1. The highest BCUT2D eigenvalue weighted by molar-refractivity contribution is 5.83. The maximum atomic E-state index is 11.6. The van der Waals surface area contributed by atoms with Gasteiger partial charge in [-0.15, -0.1) is 0 Å². The van der Waals surface area contributed by atoms with Crippen molar-refractivity contribution < 1.29 is 29.3 Å². The molecule has 0 fully saturated rings. The molecule has 1 aromatic carbocycles. The van der Waals surface area contributed by atoms with Gasteiger partial charge in [0.05, 0.1) is 20.3 Å². The number of aliphatic hydroxyl groups excluding tert-OH is 1.